The van der Waals surface area contributed by atoms with Crippen molar-refractivity contribution in [2.45, 2.75) is 0 Å². The molecule has 6 nitrogen and oxygen atoms in total. The van der Waals surface area contributed by atoms with Crippen molar-refractivity contribution in [1.29, 1.82) is 0 Å². The van der Waals surface area contributed by atoms with Gasteiger partial charge >= 0.3 is 6.01 Å². The maximum atomic E-state index is 10.8. The van der Waals surface area contributed by atoms with Gasteiger partial charge in [0.05, 0.1) is 16.2 Å². The minimum atomic E-state index is -0.492. The lowest BCUT2D eigenvalue weighted by Crippen LogP contribution is -1.93. The fraction of sp³-hybridized carbons (Fsp3) is 0. The molecule has 0 spiro atoms. The van der Waals surface area contributed by atoms with Crippen molar-refractivity contribution in [3.63, 3.8) is 0 Å². The molecule has 0 aliphatic carbocycles. The van der Waals surface area contributed by atoms with Gasteiger partial charge in [-0.3, -0.25) is 10.1 Å². The second-order valence-corrected chi connectivity index (χ2v) is 3.02. The van der Waals surface area contributed by atoms with E-state index < -0.39 is 10.9 Å². The summed E-state index contributed by atoms with van der Waals surface area (Å²) in [5.41, 5.74) is 0.616. The highest BCUT2D eigenvalue weighted by Gasteiger charge is 2.15. The molecule has 16 heavy (non-hydrogen) atoms. The first kappa shape index (κ1) is 10.0. The Morgan fingerprint density at radius 2 is 2.00 bits per heavy atom. The van der Waals surface area contributed by atoms with E-state index in [9.17, 15) is 10.1 Å². The largest absolute Gasteiger partial charge is 0.479 e. The van der Waals surface area contributed by atoms with Crippen molar-refractivity contribution in [1.82, 2.24) is 9.97 Å². The quantitative estimate of drug-likeness (QED) is 0.611. The van der Waals surface area contributed by atoms with Crippen molar-refractivity contribution >= 4 is 5.69 Å². The van der Waals surface area contributed by atoms with Crippen LogP contribution in [0.1, 0.15) is 0 Å². The summed E-state index contributed by atoms with van der Waals surface area (Å²) in [4.78, 5) is 17.5. The summed E-state index contributed by atoms with van der Waals surface area (Å²) in [6.07, 6.45) is 1.34. The SMILES string of the molecule is O=[N+]([O-])c1ccccc1-c1ccnc(O)n1. The molecule has 80 valence electrons. The molecule has 0 aliphatic heterocycles. The second kappa shape index (κ2) is 3.93. The third-order valence-electron chi connectivity index (χ3n) is 2.02. The first-order valence-electron chi connectivity index (χ1n) is 4.44. The van der Waals surface area contributed by atoms with Crippen molar-refractivity contribution in [2.24, 2.45) is 0 Å². The predicted octanol–water partition coefficient (Wildman–Crippen LogP) is 1.76. The Balaban J connectivity index is 2.60. The van der Waals surface area contributed by atoms with Crippen LogP contribution in [0.25, 0.3) is 11.3 Å². The number of para-hydroxylation sites is 1. The average Bonchev–Trinajstić information content (AvgIpc) is 2.29. The van der Waals surface area contributed by atoms with Crippen LogP contribution < -0.4 is 0 Å². The van der Waals surface area contributed by atoms with E-state index in [1.165, 1.54) is 18.3 Å². The molecule has 1 N–H and O–H groups in total. The Hall–Kier alpha value is -2.50. The second-order valence-electron chi connectivity index (χ2n) is 3.02. The molecular weight excluding hydrogens is 210 g/mol. The van der Waals surface area contributed by atoms with Gasteiger partial charge in [-0.15, -0.1) is 0 Å². The van der Waals surface area contributed by atoms with Crippen LogP contribution in [0, 0.1) is 10.1 Å². The highest BCUT2D eigenvalue weighted by Crippen LogP contribution is 2.28. The number of nitrogens with zero attached hydrogens (tertiary/aromatic N) is 3. The number of nitro groups is 1. The maximum absolute atomic E-state index is 10.8. The summed E-state index contributed by atoms with van der Waals surface area (Å²) in [6, 6.07) is 7.29. The minimum Gasteiger partial charge on any atom is -0.479 e. The molecule has 1 heterocycles. The van der Waals surface area contributed by atoms with Crippen LogP contribution in [0.4, 0.5) is 5.69 Å². The summed E-state index contributed by atoms with van der Waals surface area (Å²) in [7, 11) is 0. The highest BCUT2D eigenvalue weighted by atomic mass is 16.6. The summed E-state index contributed by atoms with van der Waals surface area (Å²) in [5, 5.41) is 19.9. The van der Waals surface area contributed by atoms with Crippen molar-refractivity contribution < 1.29 is 10.0 Å². The Kier molecular flexibility index (Phi) is 2.47. The Bertz CT molecular complexity index is 542. The number of benzene rings is 1. The van der Waals surface area contributed by atoms with Crippen molar-refractivity contribution in [2.75, 3.05) is 0 Å². The fourth-order valence-corrected chi connectivity index (χ4v) is 1.35. The molecule has 0 unspecified atom stereocenters. The van der Waals surface area contributed by atoms with Crippen LogP contribution >= 0.6 is 0 Å². The van der Waals surface area contributed by atoms with Crippen LogP contribution in [0.5, 0.6) is 6.01 Å². The molecule has 0 atom stereocenters. The number of aromatic nitrogens is 2. The van der Waals surface area contributed by atoms with E-state index in [4.69, 9.17) is 5.11 Å². The zero-order valence-corrected chi connectivity index (χ0v) is 8.07. The maximum Gasteiger partial charge on any atom is 0.314 e. The first-order chi connectivity index (χ1) is 7.68. The topological polar surface area (TPSA) is 89.2 Å². The van der Waals surface area contributed by atoms with Gasteiger partial charge in [-0.25, -0.2) is 4.98 Å². The van der Waals surface area contributed by atoms with E-state index in [1.54, 1.807) is 18.2 Å². The number of nitro benzene ring substituents is 1. The molecule has 1 aromatic carbocycles. The van der Waals surface area contributed by atoms with Gasteiger partial charge in [-0.2, -0.15) is 4.98 Å². The molecule has 0 fully saturated rings. The lowest BCUT2D eigenvalue weighted by atomic mass is 10.1. The lowest BCUT2D eigenvalue weighted by Gasteiger charge is -2.01. The molecule has 0 saturated carbocycles. The fourth-order valence-electron chi connectivity index (χ4n) is 1.35. The molecule has 0 radical (unpaired) electrons. The average molecular weight is 217 g/mol. The molecule has 1 aromatic heterocycles. The van der Waals surface area contributed by atoms with Crippen LogP contribution in [0.15, 0.2) is 36.5 Å². The molecule has 0 amide bonds. The Morgan fingerprint density at radius 3 is 2.69 bits per heavy atom. The summed E-state index contributed by atoms with van der Waals surface area (Å²) < 4.78 is 0. The zero-order valence-electron chi connectivity index (χ0n) is 8.07. The van der Waals surface area contributed by atoms with Crippen LogP contribution in [-0.2, 0) is 0 Å². The van der Waals surface area contributed by atoms with E-state index in [0.29, 0.717) is 11.3 Å². The standard InChI is InChI=1S/C10H7N3O3/c14-10-11-6-5-8(12-10)7-3-1-2-4-9(7)13(15)16/h1-6H,(H,11,12,14). The number of aromatic hydroxyl groups is 1. The zero-order chi connectivity index (χ0) is 11.5. The highest BCUT2D eigenvalue weighted by molar-refractivity contribution is 5.70. The molecule has 0 bridgehead atoms. The van der Waals surface area contributed by atoms with Gasteiger partial charge in [0.1, 0.15) is 0 Å². The molecule has 0 aliphatic rings. The Labute approximate surface area is 90.4 Å². The molecular formula is C10H7N3O3. The summed E-state index contributed by atoms with van der Waals surface area (Å²) in [6.45, 7) is 0. The van der Waals surface area contributed by atoms with Gasteiger partial charge < -0.3 is 5.11 Å². The monoisotopic (exact) mass is 217 g/mol. The van der Waals surface area contributed by atoms with Crippen LogP contribution in [0.2, 0.25) is 0 Å². The Morgan fingerprint density at radius 1 is 1.25 bits per heavy atom. The number of hydrogen-bond donors (Lipinski definition) is 1. The van der Waals surface area contributed by atoms with Crippen molar-refractivity contribution in [3.05, 3.63) is 46.6 Å². The van der Waals surface area contributed by atoms with Crippen LogP contribution in [-0.4, -0.2) is 20.0 Å². The van der Waals surface area contributed by atoms with Crippen LogP contribution in [0.3, 0.4) is 0 Å². The van der Waals surface area contributed by atoms with E-state index in [2.05, 4.69) is 9.97 Å². The van der Waals surface area contributed by atoms with Gasteiger partial charge in [0.15, 0.2) is 0 Å². The number of hydrogen-bond acceptors (Lipinski definition) is 5. The molecule has 2 rings (SSSR count). The van der Waals surface area contributed by atoms with Gasteiger partial charge in [0, 0.05) is 12.3 Å². The molecule has 0 saturated heterocycles. The van der Waals surface area contributed by atoms with Gasteiger partial charge in [0.2, 0.25) is 0 Å². The van der Waals surface area contributed by atoms with E-state index in [1.807, 2.05) is 0 Å². The van der Waals surface area contributed by atoms with Gasteiger partial charge in [0.25, 0.3) is 5.69 Å². The number of rotatable bonds is 2. The predicted molar refractivity (Wildman–Crippen MR) is 55.8 cm³/mol. The molecule has 6 heteroatoms. The van der Waals surface area contributed by atoms with Crippen molar-refractivity contribution in [3.8, 4) is 17.3 Å². The first-order valence-corrected chi connectivity index (χ1v) is 4.44. The minimum absolute atomic E-state index is 0.0550. The van der Waals surface area contributed by atoms with E-state index in [-0.39, 0.29) is 5.69 Å². The lowest BCUT2D eigenvalue weighted by molar-refractivity contribution is -0.384. The normalized spacial score (nSPS) is 10.0. The van der Waals surface area contributed by atoms with E-state index >= 15 is 0 Å². The summed E-state index contributed by atoms with van der Waals surface area (Å²) >= 11 is 0. The smallest absolute Gasteiger partial charge is 0.314 e. The van der Waals surface area contributed by atoms with E-state index in [0.717, 1.165) is 0 Å². The van der Waals surface area contributed by atoms with Gasteiger partial charge in [-0.05, 0) is 12.1 Å². The van der Waals surface area contributed by atoms with Gasteiger partial charge in [-0.1, -0.05) is 12.1 Å². The third-order valence-corrected chi connectivity index (χ3v) is 2.02. The summed E-state index contributed by atoms with van der Waals surface area (Å²) in [5.74, 6) is 0. The third kappa shape index (κ3) is 1.81. The molecule has 2 aromatic rings.